The van der Waals surface area contributed by atoms with E-state index in [0.29, 0.717) is 0 Å². The van der Waals surface area contributed by atoms with Gasteiger partial charge in [0, 0.05) is 12.6 Å². The molecule has 0 saturated carbocycles. The topological polar surface area (TPSA) is 38.0 Å². The van der Waals surface area contributed by atoms with Gasteiger partial charge in [-0.2, -0.15) is 0 Å². The van der Waals surface area contributed by atoms with Crippen LogP contribution in [0.2, 0.25) is 0 Å². The molecule has 0 fully saturated rings. The first-order chi connectivity index (χ1) is 8.77. The number of allylic oxidation sites excluding steroid dienone is 1. The molecule has 0 bridgehead atoms. The third-order valence-electron chi connectivity index (χ3n) is 3.15. The summed E-state index contributed by atoms with van der Waals surface area (Å²) in [5.41, 5.74) is 5.64. The van der Waals surface area contributed by atoms with E-state index in [0.717, 1.165) is 6.54 Å². The number of nitrogens with two attached hydrogens (primary N) is 1. The van der Waals surface area contributed by atoms with Gasteiger partial charge in [-0.25, -0.2) is 0 Å². The molecule has 0 aliphatic heterocycles. The van der Waals surface area contributed by atoms with E-state index in [1.54, 1.807) is 0 Å². The molecule has 2 nitrogen and oxygen atoms in total. The average molecular weight is 254 g/mol. The SMILES string of the molecule is CCCCCCCCCCCC=CNCC(C)N. The fourth-order valence-corrected chi connectivity index (χ4v) is 1.99. The highest BCUT2D eigenvalue weighted by Crippen LogP contribution is 2.10. The van der Waals surface area contributed by atoms with E-state index in [1.807, 2.05) is 13.1 Å². The zero-order valence-corrected chi connectivity index (χ0v) is 12.6. The van der Waals surface area contributed by atoms with E-state index < -0.39 is 0 Å². The Kier molecular flexibility index (Phi) is 14.2. The van der Waals surface area contributed by atoms with Crippen LogP contribution in [0.5, 0.6) is 0 Å². The van der Waals surface area contributed by atoms with Gasteiger partial charge in [-0.15, -0.1) is 0 Å². The van der Waals surface area contributed by atoms with Crippen molar-refractivity contribution < 1.29 is 0 Å². The van der Waals surface area contributed by atoms with Crippen molar-refractivity contribution >= 4 is 0 Å². The molecule has 0 aliphatic carbocycles. The smallest absolute Gasteiger partial charge is 0.0290 e. The second-order valence-corrected chi connectivity index (χ2v) is 5.41. The average Bonchev–Trinajstić information content (AvgIpc) is 2.34. The minimum Gasteiger partial charge on any atom is -0.390 e. The Bertz CT molecular complexity index is 176. The number of unbranched alkanes of at least 4 members (excludes halogenated alkanes) is 9. The molecule has 0 rings (SSSR count). The van der Waals surface area contributed by atoms with Gasteiger partial charge in [-0.1, -0.05) is 64.4 Å². The van der Waals surface area contributed by atoms with Crippen LogP contribution >= 0.6 is 0 Å². The zero-order valence-electron chi connectivity index (χ0n) is 12.6. The molecule has 2 heteroatoms. The number of rotatable bonds is 13. The molecule has 0 aromatic carbocycles. The fourth-order valence-electron chi connectivity index (χ4n) is 1.99. The summed E-state index contributed by atoms with van der Waals surface area (Å²) in [4.78, 5) is 0. The van der Waals surface area contributed by atoms with Crippen LogP contribution in [0.3, 0.4) is 0 Å². The summed E-state index contributed by atoms with van der Waals surface area (Å²) in [5, 5.41) is 3.21. The van der Waals surface area contributed by atoms with Crippen LogP contribution in [0.25, 0.3) is 0 Å². The van der Waals surface area contributed by atoms with Gasteiger partial charge in [0.15, 0.2) is 0 Å². The lowest BCUT2D eigenvalue weighted by molar-refractivity contribution is 0.566. The van der Waals surface area contributed by atoms with Gasteiger partial charge in [-0.3, -0.25) is 0 Å². The Morgan fingerprint density at radius 2 is 1.50 bits per heavy atom. The van der Waals surface area contributed by atoms with Crippen molar-refractivity contribution in [3.8, 4) is 0 Å². The van der Waals surface area contributed by atoms with Crippen LogP contribution in [0, 0.1) is 0 Å². The van der Waals surface area contributed by atoms with Gasteiger partial charge < -0.3 is 11.1 Å². The van der Waals surface area contributed by atoms with Crippen molar-refractivity contribution in [3.63, 3.8) is 0 Å². The molecule has 18 heavy (non-hydrogen) atoms. The molecule has 0 radical (unpaired) electrons. The van der Waals surface area contributed by atoms with E-state index in [9.17, 15) is 0 Å². The maximum Gasteiger partial charge on any atom is 0.0290 e. The Balaban J connectivity index is 3.02. The van der Waals surface area contributed by atoms with Crippen LogP contribution < -0.4 is 11.1 Å². The molecule has 0 amide bonds. The molecule has 0 aromatic rings. The molecule has 0 spiro atoms. The lowest BCUT2D eigenvalue weighted by Crippen LogP contribution is -2.27. The van der Waals surface area contributed by atoms with E-state index >= 15 is 0 Å². The highest BCUT2D eigenvalue weighted by Gasteiger charge is 1.91. The third kappa shape index (κ3) is 15.5. The van der Waals surface area contributed by atoms with Gasteiger partial charge >= 0.3 is 0 Å². The molecule has 1 unspecified atom stereocenters. The third-order valence-corrected chi connectivity index (χ3v) is 3.15. The van der Waals surface area contributed by atoms with Gasteiger partial charge in [0.05, 0.1) is 0 Å². The quantitative estimate of drug-likeness (QED) is 0.479. The molecule has 1 atom stereocenters. The molecular weight excluding hydrogens is 220 g/mol. The van der Waals surface area contributed by atoms with Crippen LogP contribution in [0.4, 0.5) is 0 Å². The van der Waals surface area contributed by atoms with Gasteiger partial charge in [-0.05, 0) is 26.0 Å². The summed E-state index contributed by atoms with van der Waals surface area (Å²) in [7, 11) is 0. The number of hydrogen-bond acceptors (Lipinski definition) is 2. The molecule has 0 aliphatic rings. The van der Waals surface area contributed by atoms with Crippen molar-refractivity contribution in [3.05, 3.63) is 12.3 Å². The second-order valence-electron chi connectivity index (χ2n) is 5.41. The Morgan fingerprint density at radius 1 is 0.944 bits per heavy atom. The van der Waals surface area contributed by atoms with E-state index in [4.69, 9.17) is 5.73 Å². The Hall–Kier alpha value is -0.500. The summed E-state index contributed by atoms with van der Waals surface area (Å²) in [6, 6.07) is 0.238. The fraction of sp³-hybridized carbons (Fsp3) is 0.875. The van der Waals surface area contributed by atoms with E-state index in [1.165, 1.54) is 64.2 Å². The summed E-state index contributed by atoms with van der Waals surface area (Å²) < 4.78 is 0. The normalized spacial score (nSPS) is 13.1. The lowest BCUT2D eigenvalue weighted by Gasteiger charge is -2.03. The summed E-state index contributed by atoms with van der Waals surface area (Å²) in [6.07, 6.45) is 18.1. The maximum atomic E-state index is 5.64. The Morgan fingerprint density at radius 3 is 2.06 bits per heavy atom. The number of nitrogens with one attached hydrogen (secondary N) is 1. The molecule has 0 heterocycles. The van der Waals surface area contributed by atoms with Crippen molar-refractivity contribution in [2.45, 2.75) is 84.1 Å². The molecular formula is C16H34N2. The molecule has 0 saturated heterocycles. The Labute approximate surface area is 114 Å². The second kappa shape index (κ2) is 14.6. The van der Waals surface area contributed by atoms with Crippen LogP contribution in [-0.2, 0) is 0 Å². The van der Waals surface area contributed by atoms with E-state index in [-0.39, 0.29) is 6.04 Å². The largest absolute Gasteiger partial charge is 0.390 e. The van der Waals surface area contributed by atoms with Crippen molar-refractivity contribution in [2.75, 3.05) is 6.54 Å². The van der Waals surface area contributed by atoms with Crippen LogP contribution in [-0.4, -0.2) is 12.6 Å². The predicted octanol–water partition coefficient (Wildman–Crippen LogP) is 4.36. The lowest BCUT2D eigenvalue weighted by atomic mass is 10.1. The molecule has 108 valence electrons. The van der Waals surface area contributed by atoms with E-state index in [2.05, 4.69) is 18.3 Å². The van der Waals surface area contributed by atoms with Gasteiger partial charge in [0.2, 0.25) is 0 Å². The highest BCUT2D eigenvalue weighted by molar-refractivity contribution is 4.80. The summed E-state index contributed by atoms with van der Waals surface area (Å²) in [6.45, 7) is 5.16. The van der Waals surface area contributed by atoms with Crippen molar-refractivity contribution in [1.29, 1.82) is 0 Å². The minimum absolute atomic E-state index is 0.238. The summed E-state index contributed by atoms with van der Waals surface area (Å²) >= 11 is 0. The minimum atomic E-state index is 0.238. The summed E-state index contributed by atoms with van der Waals surface area (Å²) in [5.74, 6) is 0. The molecule has 3 N–H and O–H groups in total. The zero-order chi connectivity index (χ0) is 13.5. The van der Waals surface area contributed by atoms with Crippen molar-refractivity contribution in [1.82, 2.24) is 5.32 Å². The molecule has 0 aromatic heterocycles. The maximum absolute atomic E-state index is 5.64. The first-order valence-electron chi connectivity index (χ1n) is 7.91. The van der Waals surface area contributed by atoms with Crippen LogP contribution in [0.1, 0.15) is 78.1 Å². The van der Waals surface area contributed by atoms with Crippen molar-refractivity contribution in [2.24, 2.45) is 5.73 Å². The standard InChI is InChI=1S/C16H34N2/c1-3-4-5-6-7-8-9-10-11-12-13-14-18-15-16(2)17/h13-14,16,18H,3-12,15,17H2,1-2H3. The highest BCUT2D eigenvalue weighted by atomic mass is 14.9. The monoisotopic (exact) mass is 254 g/mol. The first kappa shape index (κ1) is 17.5. The van der Waals surface area contributed by atoms with Gasteiger partial charge in [0.1, 0.15) is 0 Å². The predicted molar refractivity (Wildman–Crippen MR) is 82.6 cm³/mol. The first-order valence-corrected chi connectivity index (χ1v) is 7.91. The van der Waals surface area contributed by atoms with Crippen LogP contribution in [0.15, 0.2) is 12.3 Å². The van der Waals surface area contributed by atoms with Gasteiger partial charge in [0.25, 0.3) is 0 Å². The number of hydrogen-bond donors (Lipinski definition) is 2.